The Hall–Kier alpha value is -3.30. The standard InChI is InChI=1S/C18H27NO4S.C18H27NO2S.C13H19NO2S.ClH/c1-18(2,3)23-17(20)19-12-7-10-16(19)14-24(21,22)13-11-15-8-5-4-6-9-15;1-18(2,3)21-17(20)19-12-7-10-16(19)14-22-13-11-15-8-5-4-6-9-15;15-17(16,11-13-7-4-9-14-13)10-8-12-5-2-1-3-6-12;/h4-6,8-9,16H,7,10-14H2,1-3H3;4-6,8-9,16H,7,10-14H2,1-3H3;1-3,5-6,13-14H,4,7-11H2;1H/t2*16-;13-;/m000./s1. The van der Waals surface area contributed by atoms with Gasteiger partial charge in [0.25, 0.3) is 0 Å². The van der Waals surface area contributed by atoms with Gasteiger partial charge in [0.15, 0.2) is 19.7 Å². The average molecular weight is 965 g/mol. The number of nitrogens with zero attached hydrogens (tertiary/aromatic N) is 2. The number of sulfone groups is 2. The van der Waals surface area contributed by atoms with Crippen LogP contribution < -0.4 is 5.32 Å². The van der Waals surface area contributed by atoms with Crippen molar-refractivity contribution in [3.05, 3.63) is 108 Å². The molecule has 0 unspecified atom stereocenters. The van der Waals surface area contributed by atoms with Gasteiger partial charge in [-0.25, -0.2) is 26.4 Å². The van der Waals surface area contributed by atoms with Crippen molar-refractivity contribution in [3.63, 3.8) is 0 Å². The zero-order chi connectivity index (χ0) is 45.9. The van der Waals surface area contributed by atoms with Gasteiger partial charge < -0.3 is 24.6 Å². The summed E-state index contributed by atoms with van der Waals surface area (Å²) in [6.45, 7) is 13.6. The quantitative estimate of drug-likeness (QED) is 0.147. The molecular formula is C49H74ClN3O8S3. The molecule has 0 spiro atoms. The summed E-state index contributed by atoms with van der Waals surface area (Å²) in [5.74, 6) is 2.78. The van der Waals surface area contributed by atoms with Crippen molar-refractivity contribution in [1.29, 1.82) is 0 Å². The predicted octanol–water partition coefficient (Wildman–Crippen LogP) is 9.22. The first-order chi connectivity index (χ1) is 29.8. The highest BCUT2D eigenvalue weighted by Gasteiger charge is 2.35. The number of aryl methyl sites for hydroxylation is 3. The van der Waals surface area contributed by atoms with Crippen LogP contribution in [0.5, 0.6) is 0 Å². The Balaban J connectivity index is 0.000000257. The molecule has 0 aliphatic carbocycles. The van der Waals surface area contributed by atoms with Crippen molar-refractivity contribution in [3.8, 4) is 0 Å². The lowest BCUT2D eigenvalue weighted by molar-refractivity contribution is 0.0230. The van der Waals surface area contributed by atoms with Gasteiger partial charge in [-0.15, -0.1) is 12.4 Å². The summed E-state index contributed by atoms with van der Waals surface area (Å²) in [5, 5.41) is 3.23. The monoisotopic (exact) mass is 963 g/mol. The third-order valence-corrected chi connectivity index (χ3v) is 15.4. The van der Waals surface area contributed by atoms with E-state index in [1.165, 1.54) is 5.56 Å². The molecule has 3 aromatic rings. The molecule has 6 rings (SSSR count). The first-order valence-electron chi connectivity index (χ1n) is 22.6. The maximum atomic E-state index is 12.4. The second kappa shape index (κ2) is 26.7. The van der Waals surface area contributed by atoms with E-state index in [-0.39, 0.29) is 47.8 Å². The van der Waals surface area contributed by atoms with E-state index in [4.69, 9.17) is 9.47 Å². The summed E-state index contributed by atoms with van der Waals surface area (Å²) < 4.78 is 59.6. The normalized spacial score (nSPS) is 18.8. The van der Waals surface area contributed by atoms with Gasteiger partial charge in [0.05, 0.1) is 23.0 Å². The molecule has 0 saturated carbocycles. The van der Waals surface area contributed by atoms with Crippen molar-refractivity contribution in [2.45, 2.75) is 129 Å². The largest absolute Gasteiger partial charge is 0.444 e. The zero-order valence-electron chi connectivity index (χ0n) is 38.9. The van der Waals surface area contributed by atoms with Crippen molar-refractivity contribution in [2.24, 2.45) is 0 Å². The SMILES string of the molecule is CC(C)(C)OC(=O)N1CCC[C@H]1CS(=O)(=O)CCc1ccccc1.CC(C)(C)OC(=O)N1CCC[C@H]1CSCCc1ccccc1.Cl.O=S(=O)(CCc1ccccc1)C[C@@H]1CCCN1. The minimum absolute atomic E-state index is 0. The molecule has 0 radical (unpaired) electrons. The maximum absolute atomic E-state index is 12.4. The second-order valence-electron chi connectivity index (χ2n) is 18.7. The molecular weight excluding hydrogens is 890 g/mol. The van der Waals surface area contributed by atoms with Crippen LogP contribution >= 0.6 is 24.2 Å². The number of rotatable bonds is 15. The number of benzene rings is 3. The number of amides is 2. The van der Waals surface area contributed by atoms with E-state index < -0.39 is 37.0 Å². The summed E-state index contributed by atoms with van der Waals surface area (Å²) >= 11 is 1.94. The molecule has 1 N–H and O–H groups in total. The summed E-state index contributed by atoms with van der Waals surface area (Å²) in [4.78, 5) is 28.0. The molecule has 0 bridgehead atoms. The van der Waals surface area contributed by atoms with Gasteiger partial charge in [-0.1, -0.05) is 91.0 Å². The lowest BCUT2D eigenvalue weighted by atomic mass is 10.2. The van der Waals surface area contributed by atoms with Gasteiger partial charge in [-0.05, 0) is 128 Å². The van der Waals surface area contributed by atoms with E-state index in [0.717, 1.165) is 74.2 Å². The van der Waals surface area contributed by atoms with Crippen LogP contribution in [-0.2, 0) is 48.4 Å². The van der Waals surface area contributed by atoms with Gasteiger partial charge in [-0.2, -0.15) is 11.8 Å². The average Bonchev–Trinajstić information content (AvgIpc) is 4.02. The smallest absolute Gasteiger partial charge is 0.410 e. The Labute approximate surface area is 395 Å². The zero-order valence-corrected chi connectivity index (χ0v) is 42.2. The van der Waals surface area contributed by atoms with Crippen LogP contribution in [0.3, 0.4) is 0 Å². The predicted molar refractivity (Wildman–Crippen MR) is 265 cm³/mol. The number of halogens is 1. The van der Waals surface area contributed by atoms with Crippen LogP contribution in [0.1, 0.15) is 96.8 Å². The molecule has 3 heterocycles. The summed E-state index contributed by atoms with van der Waals surface area (Å²) in [6, 6.07) is 30.2. The number of hydrogen-bond donors (Lipinski definition) is 1. The van der Waals surface area contributed by atoms with Gasteiger partial charge in [-0.3, -0.25) is 0 Å². The van der Waals surface area contributed by atoms with Crippen molar-refractivity contribution >= 4 is 56.0 Å². The number of ether oxygens (including phenoxy) is 2. The molecule has 3 saturated heterocycles. The lowest BCUT2D eigenvalue weighted by Crippen LogP contribution is -2.43. The number of carbonyl (C=O) groups is 2. The second-order valence-corrected chi connectivity index (χ2v) is 24.4. The molecule has 358 valence electrons. The minimum Gasteiger partial charge on any atom is -0.444 e. The summed E-state index contributed by atoms with van der Waals surface area (Å²) in [6.07, 6.45) is 7.44. The molecule has 3 atom stereocenters. The van der Waals surface area contributed by atoms with E-state index in [1.807, 2.05) is 125 Å². The molecule has 64 heavy (non-hydrogen) atoms. The fourth-order valence-electron chi connectivity index (χ4n) is 7.70. The Morgan fingerprint density at radius 3 is 1.47 bits per heavy atom. The number of hydrogen-bond acceptors (Lipinski definition) is 10. The van der Waals surface area contributed by atoms with Gasteiger partial charge in [0, 0.05) is 37.0 Å². The third kappa shape index (κ3) is 21.8. The number of nitrogens with one attached hydrogen (secondary N) is 1. The first-order valence-corrected chi connectivity index (χ1v) is 27.4. The van der Waals surface area contributed by atoms with Crippen LogP contribution in [0.15, 0.2) is 91.0 Å². The molecule has 3 aliphatic rings. The first kappa shape index (κ1) is 55.0. The van der Waals surface area contributed by atoms with E-state index in [0.29, 0.717) is 37.6 Å². The van der Waals surface area contributed by atoms with E-state index in [9.17, 15) is 26.4 Å². The Morgan fingerprint density at radius 2 is 1.03 bits per heavy atom. The summed E-state index contributed by atoms with van der Waals surface area (Å²) in [5.41, 5.74) is 2.50. The highest BCUT2D eigenvalue weighted by Crippen LogP contribution is 2.25. The topological polar surface area (TPSA) is 139 Å². The van der Waals surface area contributed by atoms with Gasteiger partial charge in [0.2, 0.25) is 0 Å². The number of carbonyl (C=O) groups excluding carboxylic acids is 2. The van der Waals surface area contributed by atoms with Crippen molar-refractivity contribution in [2.75, 3.05) is 54.2 Å². The maximum Gasteiger partial charge on any atom is 0.410 e. The van der Waals surface area contributed by atoms with Crippen LogP contribution in [0.4, 0.5) is 9.59 Å². The molecule has 3 aromatic carbocycles. The van der Waals surface area contributed by atoms with Crippen LogP contribution in [0.25, 0.3) is 0 Å². The molecule has 15 heteroatoms. The highest BCUT2D eigenvalue weighted by molar-refractivity contribution is 7.99. The van der Waals surface area contributed by atoms with Crippen molar-refractivity contribution in [1.82, 2.24) is 15.1 Å². The summed E-state index contributed by atoms with van der Waals surface area (Å²) in [7, 11) is -6.15. The third-order valence-electron chi connectivity index (χ3n) is 10.9. The van der Waals surface area contributed by atoms with Crippen LogP contribution in [-0.4, -0.2) is 122 Å². The molecule has 2 amide bonds. The van der Waals surface area contributed by atoms with Gasteiger partial charge in [0.1, 0.15) is 11.2 Å². The molecule has 3 fully saturated rings. The van der Waals surface area contributed by atoms with E-state index in [2.05, 4.69) is 29.6 Å². The minimum atomic E-state index is -3.22. The lowest BCUT2D eigenvalue weighted by Gasteiger charge is -2.28. The number of likely N-dealkylation sites (tertiary alicyclic amines) is 2. The fraction of sp³-hybridized carbons (Fsp3) is 0.592. The van der Waals surface area contributed by atoms with Crippen molar-refractivity contribution < 1.29 is 35.9 Å². The Bertz CT molecular complexity index is 2030. The Morgan fingerprint density at radius 1 is 0.609 bits per heavy atom. The molecule has 11 nitrogen and oxygen atoms in total. The van der Waals surface area contributed by atoms with Gasteiger partial charge >= 0.3 is 12.2 Å². The fourth-order valence-corrected chi connectivity index (χ4v) is 12.1. The van der Waals surface area contributed by atoms with E-state index >= 15 is 0 Å². The molecule has 0 aromatic heterocycles. The van der Waals surface area contributed by atoms with E-state index in [1.54, 1.807) is 4.90 Å². The highest BCUT2D eigenvalue weighted by atomic mass is 35.5. The van der Waals surface area contributed by atoms with Crippen LogP contribution in [0, 0.1) is 0 Å². The molecule has 3 aliphatic heterocycles. The van der Waals surface area contributed by atoms with Crippen LogP contribution in [0.2, 0.25) is 0 Å². The Kier molecular flexibility index (Phi) is 23.0. The number of thioether (sulfide) groups is 1.